The predicted molar refractivity (Wildman–Crippen MR) is 74.4 cm³/mol. The fourth-order valence-corrected chi connectivity index (χ4v) is 1.49. The molecule has 2 aliphatic rings. The molecule has 0 aromatic carbocycles. The third-order valence-electron chi connectivity index (χ3n) is 2.25. The molecule has 0 unspecified atom stereocenters. The quantitative estimate of drug-likeness (QED) is 0.548. The van der Waals surface area contributed by atoms with Gasteiger partial charge in [0.2, 0.25) is 0 Å². The molecule has 0 amide bonds. The van der Waals surface area contributed by atoms with Gasteiger partial charge < -0.3 is 14.9 Å². The zero-order valence-corrected chi connectivity index (χ0v) is 14.5. The Morgan fingerprint density at radius 3 is 1.12 bits per heavy atom. The fourth-order valence-electron chi connectivity index (χ4n) is 1.49. The van der Waals surface area contributed by atoms with Crippen molar-refractivity contribution in [3.05, 3.63) is 61.4 Å². The summed E-state index contributed by atoms with van der Waals surface area (Å²) in [6, 6.07) is 0. The zero-order chi connectivity index (χ0) is 10.6. The van der Waals surface area contributed by atoms with E-state index >= 15 is 0 Å². The molecule has 0 atom stereocenters. The summed E-state index contributed by atoms with van der Waals surface area (Å²) < 4.78 is 0. The van der Waals surface area contributed by atoms with Gasteiger partial charge in [0.25, 0.3) is 0 Å². The summed E-state index contributed by atoms with van der Waals surface area (Å²) in [7, 11) is 0. The van der Waals surface area contributed by atoms with Gasteiger partial charge in [-0.3, -0.25) is 12.2 Å². The molecule has 0 radical (unpaired) electrons. The average Bonchev–Trinajstić information content (AvgIpc) is 2.63. The van der Waals surface area contributed by atoms with E-state index in [1.54, 1.807) is 0 Å². The van der Waals surface area contributed by atoms with Gasteiger partial charge in [-0.15, -0.1) is 0 Å². The smallest absolute Gasteiger partial charge is 0.358 e. The van der Waals surface area contributed by atoms with Crippen LogP contribution in [-0.2, 0) is 26.2 Å². The molecule has 0 aromatic heterocycles. The minimum absolute atomic E-state index is 0. The molecular weight excluding hydrogens is 283 g/mol. The van der Waals surface area contributed by atoms with Gasteiger partial charge in [0.1, 0.15) is 0 Å². The molecule has 92 valence electrons. The van der Waals surface area contributed by atoms with Crippen molar-refractivity contribution in [2.45, 2.75) is 40.5 Å². The predicted octanol–water partition coefficient (Wildman–Crippen LogP) is 5.07. The average molecular weight is 308 g/mol. The molecule has 0 heterocycles. The maximum absolute atomic E-state index is 3.19. The Balaban J connectivity index is -0.000000196. The number of rotatable bonds is 0. The Morgan fingerprint density at radius 2 is 1.06 bits per heavy atom. The summed E-state index contributed by atoms with van der Waals surface area (Å²) >= 11 is 0. The van der Waals surface area contributed by atoms with Gasteiger partial charge in [0, 0.05) is 0 Å². The third-order valence-corrected chi connectivity index (χ3v) is 2.25. The van der Waals surface area contributed by atoms with E-state index in [0.717, 1.165) is 12.8 Å². The molecule has 0 nitrogen and oxygen atoms in total. The van der Waals surface area contributed by atoms with Crippen molar-refractivity contribution in [2.75, 3.05) is 0 Å². The Bertz CT molecular complexity index is 293. The Labute approximate surface area is 128 Å². The minimum Gasteiger partial charge on any atom is -0.358 e. The van der Waals surface area contributed by atoms with Gasteiger partial charge in [0.15, 0.2) is 0 Å². The number of allylic oxidation sites excluding steroid dienone is 8. The molecule has 0 N–H and O–H groups in total. The van der Waals surface area contributed by atoms with E-state index in [2.05, 4.69) is 52.0 Å². The van der Waals surface area contributed by atoms with Crippen LogP contribution in [0.25, 0.3) is 0 Å². The van der Waals surface area contributed by atoms with Crippen molar-refractivity contribution in [2.24, 2.45) is 0 Å². The van der Waals surface area contributed by atoms with Gasteiger partial charge in [-0.25, -0.2) is 23.3 Å². The Kier molecular flexibility index (Phi) is 14.2. The summed E-state index contributed by atoms with van der Waals surface area (Å²) in [5.41, 5.74) is 5.30. The number of hydrogen-bond acceptors (Lipinski definition) is 0. The van der Waals surface area contributed by atoms with Gasteiger partial charge in [-0.05, 0) is 0 Å². The molecule has 2 rings (SSSR count). The van der Waals surface area contributed by atoms with Crippen LogP contribution < -0.4 is 0 Å². The van der Waals surface area contributed by atoms with Crippen LogP contribution in [0.2, 0.25) is 0 Å². The standard InChI is InChI=1S/2C7H9.2CH3.Zr/c2*1-6-3-4-7(2)5-6;;;/h2*3H,4H2,1-2H3;2*1H3;/q4*-1;+4. The molecule has 0 bridgehead atoms. The van der Waals surface area contributed by atoms with Crippen LogP contribution >= 0.6 is 0 Å². The van der Waals surface area contributed by atoms with Crippen LogP contribution in [0.3, 0.4) is 0 Å². The van der Waals surface area contributed by atoms with Crippen LogP contribution in [-0.4, -0.2) is 0 Å². The van der Waals surface area contributed by atoms with E-state index in [-0.39, 0.29) is 41.1 Å². The van der Waals surface area contributed by atoms with E-state index in [0.29, 0.717) is 0 Å². The van der Waals surface area contributed by atoms with E-state index < -0.39 is 0 Å². The van der Waals surface area contributed by atoms with Crippen molar-refractivity contribution in [1.29, 1.82) is 0 Å². The van der Waals surface area contributed by atoms with Gasteiger partial charge in [-0.1, -0.05) is 40.5 Å². The van der Waals surface area contributed by atoms with Gasteiger partial charge in [0.05, 0.1) is 0 Å². The van der Waals surface area contributed by atoms with Crippen molar-refractivity contribution < 1.29 is 26.2 Å². The van der Waals surface area contributed by atoms with Crippen molar-refractivity contribution >= 4 is 0 Å². The Morgan fingerprint density at radius 1 is 0.765 bits per heavy atom. The van der Waals surface area contributed by atoms with Crippen LogP contribution in [0.4, 0.5) is 0 Å². The largest absolute Gasteiger partial charge is 4.00 e. The van der Waals surface area contributed by atoms with E-state index in [9.17, 15) is 0 Å². The molecular formula is C16H24Zr. The molecule has 0 saturated carbocycles. The first-order chi connectivity index (χ1) is 6.58. The molecule has 0 spiro atoms. The fraction of sp³-hybridized carbons (Fsp3) is 0.375. The first-order valence-electron chi connectivity index (χ1n) is 5.10. The molecule has 2 aliphatic carbocycles. The van der Waals surface area contributed by atoms with Gasteiger partial charge >= 0.3 is 26.2 Å². The number of hydrogen-bond donors (Lipinski definition) is 0. The summed E-state index contributed by atoms with van der Waals surface area (Å²) in [6.45, 7) is 8.37. The topological polar surface area (TPSA) is 0 Å². The van der Waals surface area contributed by atoms with Gasteiger partial charge in [-0.2, -0.15) is 11.1 Å². The summed E-state index contributed by atoms with van der Waals surface area (Å²) in [6.07, 6.45) is 13.0. The normalized spacial score (nSPS) is 15.8. The summed E-state index contributed by atoms with van der Waals surface area (Å²) in [5, 5.41) is 0. The van der Waals surface area contributed by atoms with Crippen LogP contribution in [0.5, 0.6) is 0 Å². The second-order valence-electron chi connectivity index (χ2n) is 3.99. The third kappa shape index (κ3) is 9.54. The van der Waals surface area contributed by atoms with Crippen LogP contribution in [0, 0.1) is 27.0 Å². The maximum atomic E-state index is 3.19. The molecule has 0 aliphatic heterocycles. The monoisotopic (exact) mass is 306 g/mol. The van der Waals surface area contributed by atoms with Crippen molar-refractivity contribution in [1.82, 2.24) is 0 Å². The SMILES string of the molecule is CC1=[C-]C(C)=CC1.CC1=[C-]C(C)=CC1.[CH3-].[CH3-].[Zr+4]. The maximum Gasteiger partial charge on any atom is 4.00 e. The van der Waals surface area contributed by atoms with E-state index in [1.807, 2.05) is 0 Å². The first-order valence-corrected chi connectivity index (χ1v) is 5.10. The summed E-state index contributed by atoms with van der Waals surface area (Å²) in [4.78, 5) is 0. The zero-order valence-electron chi connectivity index (χ0n) is 12.1. The first kappa shape index (κ1) is 22.1. The molecule has 0 fully saturated rings. The summed E-state index contributed by atoms with van der Waals surface area (Å²) in [5.74, 6) is 0. The second kappa shape index (κ2) is 11.0. The van der Waals surface area contributed by atoms with E-state index in [4.69, 9.17) is 0 Å². The minimum atomic E-state index is 0. The second-order valence-corrected chi connectivity index (χ2v) is 3.99. The van der Waals surface area contributed by atoms with Crippen LogP contribution in [0.15, 0.2) is 34.4 Å². The van der Waals surface area contributed by atoms with Crippen molar-refractivity contribution in [3.63, 3.8) is 0 Å². The molecule has 17 heavy (non-hydrogen) atoms. The van der Waals surface area contributed by atoms with Crippen LogP contribution in [0.1, 0.15) is 40.5 Å². The van der Waals surface area contributed by atoms with Crippen molar-refractivity contribution in [3.8, 4) is 0 Å². The molecule has 0 saturated heterocycles. The molecule has 0 aromatic rings. The Hall–Kier alpha value is -0.157. The molecule has 1 heteroatoms. The van der Waals surface area contributed by atoms with E-state index in [1.165, 1.54) is 22.3 Å².